The van der Waals surface area contributed by atoms with Crippen LogP contribution >= 0.6 is 0 Å². The van der Waals surface area contributed by atoms with Gasteiger partial charge < -0.3 is 14.8 Å². The highest BCUT2D eigenvalue weighted by atomic mass is 16.5. The van der Waals surface area contributed by atoms with E-state index in [9.17, 15) is 0 Å². The fourth-order valence-electron chi connectivity index (χ4n) is 2.43. The van der Waals surface area contributed by atoms with Crippen molar-refractivity contribution in [3.8, 4) is 5.75 Å². The summed E-state index contributed by atoms with van der Waals surface area (Å²) < 4.78 is 10.8. The first-order valence-corrected chi connectivity index (χ1v) is 6.77. The van der Waals surface area contributed by atoms with Gasteiger partial charge in [0.15, 0.2) is 0 Å². The maximum absolute atomic E-state index is 5.49. The predicted octanol–water partition coefficient (Wildman–Crippen LogP) is 2.91. The lowest BCUT2D eigenvalue weighted by Crippen LogP contribution is -2.31. The molecule has 1 aromatic carbocycles. The van der Waals surface area contributed by atoms with Crippen molar-refractivity contribution in [2.24, 2.45) is 0 Å². The van der Waals surface area contributed by atoms with Crippen LogP contribution in [0, 0.1) is 0 Å². The van der Waals surface area contributed by atoms with E-state index >= 15 is 0 Å². The second-order valence-corrected chi connectivity index (χ2v) is 4.91. The molecular weight excluding hydrogens is 226 g/mol. The van der Waals surface area contributed by atoms with Gasteiger partial charge in [0.05, 0.1) is 7.11 Å². The number of rotatable bonds is 4. The fraction of sp³-hybridized carbons (Fsp3) is 0.600. The quantitative estimate of drug-likeness (QED) is 0.890. The average molecular weight is 249 g/mol. The zero-order valence-electron chi connectivity index (χ0n) is 11.3. The van der Waals surface area contributed by atoms with Crippen LogP contribution in [0.4, 0.5) is 0 Å². The molecule has 1 aliphatic heterocycles. The molecule has 1 saturated heterocycles. The van der Waals surface area contributed by atoms with Gasteiger partial charge in [-0.1, -0.05) is 12.1 Å². The minimum atomic E-state index is 0.350. The molecule has 0 aliphatic carbocycles. The summed E-state index contributed by atoms with van der Waals surface area (Å²) in [6, 6.07) is 9.19. The Hall–Kier alpha value is -1.06. The second kappa shape index (κ2) is 6.76. The molecule has 1 unspecified atom stereocenters. The third-order valence-corrected chi connectivity index (χ3v) is 3.53. The molecule has 18 heavy (non-hydrogen) atoms. The van der Waals surface area contributed by atoms with E-state index in [1.54, 1.807) is 7.11 Å². The molecule has 1 heterocycles. The molecule has 0 saturated carbocycles. The van der Waals surface area contributed by atoms with E-state index < -0.39 is 0 Å². The lowest BCUT2D eigenvalue weighted by atomic mass is 10.0. The summed E-state index contributed by atoms with van der Waals surface area (Å²) >= 11 is 0. The highest BCUT2D eigenvalue weighted by Gasteiger charge is 2.15. The number of benzene rings is 1. The normalized spacial score (nSPS) is 22.2. The van der Waals surface area contributed by atoms with Gasteiger partial charge in [0, 0.05) is 25.3 Å². The first-order chi connectivity index (χ1) is 8.79. The Bertz CT molecular complexity index is 359. The van der Waals surface area contributed by atoms with Gasteiger partial charge in [-0.05, 0) is 43.9 Å². The SMILES string of the molecule is COc1cccc([C@H](C)NC2CCCOCC2)c1. The molecule has 0 amide bonds. The third-order valence-electron chi connectivity index (χ3n) is 3.53. The molecule has 2 atom stereocenters. The van der Waals surface area contributed by atoms with Crippen molar-refractivity contribution < 1.29 is 9.47 Å². The van der Waals surface area contributed by atoms with Gasteiger partial charge >= 0.3 is 0 Å². The Labute approximate surface area is 109 Å². The standard InChI is InChI=1S/C15H23NO2/c1-12(13-5-3-7-15(11-13)17-2)16-14-6-4-9-18-10-8-14/h3,5,7,11-12,14,16H,4,6,8-10H2,1-2H3/t12-,14?/m0/s1. The van der Waals surface area contributed by atoms with Crippen molar-refractivity contribution in [2.45, 2.75) is 38.3 Å². The summed E-state index contributed by atoms with van der Waals surface area (Å²) in [6.45, 7) is 3.99. The Morgan fingerprint density at radius 1 is 1.33 bits per heavy atom. The molecule has 1 aliphatic rings. The smallest absolute Gasteiger partial charge is 0.119 e. The van der Waals surface area contributed by atoms with E-state index in [1.807, 2.05) is 12.1 Å². The molecule has 0 aromatic heterocycles. The number of nitrogens with one attached hydrogen (secondary N) is 1. The second-order valence-electron chi connectivity index (χ2n) is 4.91. The Morgan fingerprint density at radius 2 is 2.22 bits per heavy atom. The van der Waals surface area contributed by atoms with Crippen LogP contribution in [0.5, 0.6) is 5.75 Å². The number of hydrogen-bond donors (Lipinski definition) is 1. The van der Waals surface area contributed by atoms with Gasteiger partial charge in [-0.2, -0.15) is 0 Å². The van der Waals surface area contributed by atoms with Crippen LogP contribution in [-0.2, 0) is 4.74 Å². The van der Waals surface area contributed by atoms with Gasteiger partial charge in [-0.3, -0.25) is 0 Å². The molecule has 2 rings (SSSR count). The monoisotopic (exact) mass is 249 g/mol. The highest BCUT2D eigenvalue weighted by molar-refractivity contribution is 5.30. The molecule has 100 valence electrons. The van der Waals surface area contributed by atoms with Crippen LogP contribution in [0.1, 0.15) is 37.8 Å². The lowest BCUT2D eigenvalue weighted by Gasteiger charge is -2.22. The molecule has 3 heteroatoms. The Morgan fingerprint density at radius 3 is 3.06 bits per heavy atom. The van der Waals surface area contributed by atoms with E-state index in [2.05, 4.69) is 24.4 Å². The van der Waals surface area contributed by atoms with Crippen LogP contribution in [0.15, 0.2) is 24.3 Å². The highest BCUT2D eigenvalue weighted by Crippen LogP contribution is 2.20. The predicted molar refractivity (Wildman–Crippen MR) is 73.0 cm³/mol. The zero-order valence-corrected chi connectivity index (χ0v) is 11.3. The third kappa shape index (κ3) is 3.72. The minimum absolute atomic E-state index is 0.350. The molecule has 0 radical (unpaired) electrons. The summed E-state index contributed by atoms with van der Waals surface area (Å²) in [5, 5.41) is 3.69. The Balaban J connectivity index is 1.95. The lowest BCUT2D eigenvalue weighted by molar-refractivity contribution is 0.142. The van der Waals surface area contributed by atoms with Crippen LogP contribution in [-0.4, -0.2) is 26.4 Å². The number of hydrogen-bond acceptors (Lipinski definition) is 3. The molecule has 3 nitrogen and oxygen atoms in total. The van der Waals surface area contributed by atoms with E-state index in [-0.39, 0.29) is 0 Å². The first-order valence-electron chi connectivity index (χ1n) is 6.77. The first kappa shape index (κ1) is 13.4. The van der Waals surface area contributed by atoms with E-state index in [1.165, 1.54) is 12.0 Å². The topological polar surface area (TPSA) is 30.5 Å². The van der Waals surface area contributed by atoms with Crippen molar-refractivity contribution in [1.82, 2.24) is 5.32 Å². The molecule has 1 fully saturated rings. The van der Waals surface area contributed by atoms with E-state index in [0.717, 1.165) is 31.8 Å². The molecule has 0 bridgehead atoms. The van der Waals surface area contributed by atoms with E-state index in [4.69, 9.17) is 9.47 Å². The summed E-state index contributed by atoms with van der Waals surface area (Å²) in [5.74, 6) is 0.922. The van der Waals surface area contributed by atoms with Crippen LogP contribution < -0.4 is 10.1 Å². The maximum Gasteiger partial charge on any atom is 0.119 e. The molecule has 0 spiro atoms. The minimum Gasteiger partial charge on any atom is -0.497 e. The van der Waals surface area contributed by atoms with Crippen LogP contribution in [0.25, 0.3) is 0 Å². The Kier molecular flexibility index (Phi) is 5.02. The van der Waals surface area contributed by atoms with Crippen molar-refractivity contribution in [3.63, 3.8) is 0 Å². The summed E-state index contributed by atoms with van der Waals surface area (Å²) in [4.78, 5) is 0. The van der Waals surface area contributed by atoms with E-state index in [0.29, 0.717) is 12.1 Å². The summed E-state index contributed by atoms with van der Waals surface area (Å²) in [6.07, 6.45) is 3.46. The van der Waals surface area contributed by atoms with Gasteiger partial charge in [-0.25, -0.2) is 0 Å². The van der Waals surface area contributed by atoms with Crippen molar-refractivity contribution in [1.29, 1.82) is 0 Å². The molecular formula is C15H23NO2. The van der Waals surface area contributed by atoms with Crippen LogP contribution in [0.2, 0.25) is 0 Å². The van der Waals surface area contributed by atoms with Gasteiger partial charge in [0.25, 0.3) is 0 Å². The zero-order chi connectivity index (χ0) is 12.8. The fourth-order valence-corrected chi connectivity index (χ4v) is 2.43. The molecule has 1 aromatic rings. The van der Waals surface area contributed by atoms with Crippen molar-refractivity contribution in [2.75, 3.05) is 20.3 Å². The van der Waals surface area contributed by atoms with Gasteiger partial charge in [0.2, 0.25) is 0 Å². The largest absolute Gasteiger partial charge is 0.497 e. The van der Waals surface area contributed by atoms with Gasteiger partial charge in [0.1, 0.15) is 5.75 Å². The summed E-state index contributed by atoms with van der Waals surface area (Å²) in [5.41, 5.74) is 1.28. The number of ether oxygens (including phenoxy) is 2. The van der Waals surface area contributed by atoms with Crippen LogP contribution in [0.3, 0.4) is 0 Å². The maximum atomic E-state index is 5.49. The van der Waals surface area contributed by atoms with Gasteiger partial charge in [-0.15, -0.1) is 0 Å². The number of methoxy groups -OCH3 is 1. The average Bonchev–Trinajstić information content (AvgIpc) is 2.67. The molecule has 1 N–H and O–H groups in total. The summed E-state index contributed by atoms with van der Waals surface area (Å²) in [7, 11) is 1.71. The van der Waals surface area contributed by atoms with Crippen molar-refractivity contribution >= 4 is 0 Å². The van der Waals surface area contributed by atoms with Crippen molar-refractivity contribution in [3.05, 3.63) is 29.8 Å².